The Labute approximate surface area is 99.5 Å². The number of aliphatic hydroxyl groups is 1. The van der Waals surface area contributed by atoms with E-state index in [1.165, 1.54) is 0 Å². The Morgan fingerprint density at radius 1 is 0.938 bits per heavy atom. The lowest BCUT2D eigenvalue weighted by Crippen LogP contribution is -2.25. The van der Waals surface area contributed by atoms with E-state index in [1.54, 1.807) is 6.08 Å². The van der Waals surface area contributed by atoms with E-state index in [2.05, 4.69) is 0 Å². The van der Waals surface area contributed by atoms with E-state index >= 15 is 0 Å². The van der Waals surface area contributed by atoms with Crippen LogP contribution in [0.1, 0.15) is 41.5 Å². The van der Waals surface area contributed by atoms with Crippen LogP contribution in [-0.2, 0) is 9.47 Å². The van der Waals surface area contributed by atoms with Gasteiger partial charge in [0.25, 0.3) is 0 Å². The molecule has 0 heterocycles. The van der Waals surface area contributed by atoms with Crippen LogP contribution < -0.4 is 0 Å². The molecule has 0 aliphatic heterocycles. The smallest absolute Gasteiger partial charge is 0.0706 e. The molecule has 96 valence electrons. The summed E-state index contributed by atoms with van der Waals surface area (Å²) in [4.78, 5) is 0. The maximum absolute atomic E-state index is 8.91. The quantitative estimate of drug-likeness (QED) is 0.738. The molecule has 0 aliphatic rings. The zero-order valence-electron chi connectivity index (χ0n) is 11.5. The Hall–Kier alpha value is -0.380. The fourth-order valence-electron chi connectivity index (χ4n) is 0.907. The molecule has 0 fully saturated rings. The van der Waals surface area contributed by atoms with Crippen molar-refractivity contribution in [1.29, 1.82) is 0 Å². The number of rotatable bonds is 5. The topological polar surface area (TPSA) is 38.7 Å². The normalized spacial score (nSPS) is 12.7. The Balaban J connectivity index is 4.15. The molecule has 0 saturated heterocycles. The SMILES string of the molecule is CC(C)(C)OCC(=CCO)COC(C)(C)C. The van der Waals surface area contributed by atoms with Gasteiger partial charge in [-0.15, -0.1) is 0 Å². The first-order valence-corrected chi connectivity index (χ1v) is 5.71. The third-order valence-electron chi connectivity index (χ3n) is 1.76. The molecule has 0 aliphatic carbocycles. The van der Waals surface area contributed by atoms with E-state index < -0.39 is 0 Å². The van der Waals surface area contributed by atoms with Gasteiger partial charge >= 0.3 is 0 Å². The standard InChI is InChI=1S/C13H26O3/c1-12(2,3)15-9-11(7-8-14)10-16-13(4,5)6/h7,14H,8-10H2,1-6H3. The highest BCUT2D eigenvalue weighted by molar-refractivity contribution is 5.03. The van der Waals surface area contributed by atoms with Crippen LogP contribution in [0.3, 0.4) is 0 Å². The Morgan fingerprint density at radius 2 is 1.31 bits per heavy atom. The molecule has 0 bridgehead atoms. The lowest BCUT2D eigenvalue weighted by molar-refractivity contribution is -0.0155. The lowest BCUT2D eigenvalue weighted by atomic mass is 10.1. The first-order chi connectivity index (χ1) is 7.14. The molecule has 0 amide bonds. The summed E-state index contributed by atoms with van der Waals surface area (Å²) in [7, 11) is 0. The van der Waals surface area contributed by atoms with E-state index in [0.717, 1.165) is 5.57 Å². The van der Waals surface area contributed by atoms with Gasteiger partial charge in [0.2, 0.25) is 0 Å². The summed E-state index contributed by atoms with van der Waals surface area (Å²) in [5.41, 5.74) is 0.638. The number of hydrogen-bond donors (Lipinski definition) is 1. The minimum atomic E-state index is -0.170. The second kappa shape index (κ2) is 6.38. The summed E-state index contributed by atoms with van der Waals surface area (Å²) in [6.07, 6.45) is 1.75. The highest BCUT2D eigenvalue weighted by Gasteiger charge is 2.14. The van der Waals surface area contributed by atoms with Gasteiger partial charge in [0, 0.05) is 0 Å². The number of ether oxygens (including phenoxy) is 2. The van der Waals surface area contributed by atoms with Crippen LogP contribution in [0.4, 0.5) is 0 Å². The van der Waals surface area contributed by atoms with Crippen LogP contribution in [0.5, 0.6) is 0 Å². The second-order valence-corrected chi connectivity index (χ2v) is 5.85. The monoisotopic (exact) mass is 230 g/mol. The maximum atomic E-state index is 8.91. The molecule has 0 saturated carbocycles. The number of hydrogen-bond acceptors (Lipinski definition) is 3. The minimum absolute atomic E-state index is 0.0241. The second-order valence-electron chi connectivity index (χ2n) is 5.85. The lowest BCUT2D eigenvalue weighted by Gasteiger charge is -2.24. The van der Waals surface area contributed by atoms with Crippen molar-refractivity contribution in [3.8, 4) is 0 Å². The van der Waals surface area contributed by atoms with Gasteiger partial charge in [-0.2, -0.15) is 0 Å². The predicted molar refractivity (Wildman–Crippen MR) is 66.6 cm³/mol. The van der Waals surface area contributed by atoms with Gasteiger partial charge in [-0.25, -0.2) is 0 Å². The molecular weight excluding hydrogens is 204 g/mol. The fraction of sp³-hybridized carbons (Fsp3) is 0.846. The largest absolute Gasteiger partial charge is 0.392 e. The zero-order valence-corrected chi connectivity index (χ0v) is 11.5. The van der Waals surface area contributed by atoms with Crippen LogP contribution in [0, 0.1) is 0 Å². The highest BCUT2D eigenvalue weighted by Crippen LogP contribution is 2.13. The maximum Gasteiger partial charge on any atom is 0.0706 e. The van der Waals surface area contributed by atoms with Crippen molar-refractivity contribution >= 4 is 0 Å². The summed E-state index contributed by atoms with van der Waals surface area (Å²) in [5.74, 6) is 0. The first-order valence-electron chi connectivity index (χ1n) is 5.71. The van der Waals surface area contributed by atoms with E-state index in [4.69, 9.17) is 14.6 Å². The van der Waals surface area contributed by atoms with E-state index in [1.807, 2.05) is 41.5 Å². The van der Waals surface area contributed by atoms with E-state index in [0.29, 0.717) is 13.2 Å². The molecule has 0 unspecified atom stereocenters. The van der Waals surface area contributed by atoms with Gasteiger partial charge in [-0.3, -0.25) is 0 Å². The number of aliphatic hydroxyl groups excluding tert-OH is 1. The molecule has 16 heavy (non-hydrogen) atoms. The average molecular weight is 230 g/mol. The van der Waals surface area contributed by atoms with Crippen LogP contribution in [0.2, 0.25) is 0 Å². The molecule has 0 aromatic heterocycles. The van der Waals surface area contributed by atoms with Gasteiger partial charge in [0.1, 0.15) is 0 Å². The van der Waals surface area contributed by atoms with Crippen molar-refractivity contribution in [1.82, 2.24) is 0 Å². The van der Waals surface area contributed by atoms with Crippen molar-refractivity contribution in [3.05, 3.63) is 11.6 Å². The van der Waals surface area contributed by atoms with Crippen molar-refractivity contribution in [2.45, 2.75) is 52.7 Å². The molecule has 0 spiro atoms. The Bertz CT molecular complexity index is 198. The van der Waals surface area contributed by atoms with Crippen LogP contribution in [-0.4, -0.2) is 36.1 Å². The summed E-state index contributed by atoms with van der Waals surface area (Å²) in [5, 5.41) is 8.91. The first kappa shape index (κ1) is 15.6. The van der Waals surface area contributed by atoms with Gasteiger partial charge < -0.3 is 14.6 Å². The Kier molecular flexibility index (Phi) is 6.23. The fourth-order valence-corrected chi connectivity index (χ4v) is 0.907. The molecule has 0 rings (SSSR count). The van der Waals surface area contributed by atoms with Crippen molar-refractivity contribution in [2.75, 3.05) is 19.8 Å². The van der Waals surface area contributed by atoms with Crippen molar-refractivity contribution < 1.29 is 14.6 Å². The third-order valence-corrected chi connectivity index (χ3v) is 1.76. The highest BCUT2D eigenvalue weighted by atomic mass is 16.5. The van der Waals surface area contributed by atoms with Crippen molar-refractivity contribution in [2.24, 2.45) is 0 Å². The summed E-state index contributed by atoms with van der Waals surface area (Å²) in [6.45, 7) is 13.1. The molecule has 3 heteroatoms. The van der Waals surface area contributed by atoms with Crippen molar-refractivity contribution in [3.63, 3.8) is 0 Å². The average Bonchev–Trinajstić information content (AvgIpc) is 2.07. The third kappa shape index (κ3) is 10.1. The molecular formula is C13H26O3. The van der Waals surface area contributed by atoms with Gasteiger partial charge in [0.05, 0.1) is 31.0 Å². The summed E-state index contributed by atoms with van der Waals surface area (Å²) >= 11 is 0. The molecule has 1 N–H and O–H groups in total. The van der Waals surface area contributed by atoms with Crippen LogP contribution in [0.25, 0.3) is 0 Å². The molecule has 3 nitrogen and oxygen atoms in total. The van der Waals surface area contributed by atoms with Gasteiger partial charge in [0.15, 0.2) is 0 Å². The zero-order chi connectivity index (χ0) is 12.8. The van der Waals surface area contributed by atoms with Crippen LogP contribution in [0.15, 0.2) is 11.6 Å². The summed E-state index contributed by atoms with van der Waals surface area (Å²) in [6, 6.07) is 0. The molecule has 0 aromatic carbocycles. The predicted octanol–water partition coefficient (Wildman–Crippen LogP) is 2.54. The Morgan fingerprint density at radius 3 is 1.56 bits per heavy atom. The van der Waals surface area contributed by atoms with Gasteiger partial charge in [-0.05, 0) is 47.1 Å². The van der Waals surface area contributed by atoms with Gasteiger partial charge in [-0.1, -0.05) is 6.08 Å². The van der Waals surface area contributed by atoms with E-state index in [9.17, 15) is 0 Å². The molecule has 0 radical (unpaired) electrons. The van der Waals surface area contributed by atoms with E-state index in [-0.39, 0.29) is 17.8 Å². The van der Waals surface area contributed by atoms with Crippen LogP contribution >= 0.6 is 0 Å². The molecule has 0 atom stereocenters. The molecule has 0 aromatic rings. The minimum Gasteiger partial charge on any atom is -0.392 e. The summed E-state index contributed by atoms with van der Waals surface area (Å²) < 4.78 is 11.3.